The summed E-state index contributed by atoms with van der Waals surface area (Å²) in [5, 5.41) is 0. The van der Waals surface area contributed by atoms with Crippen molar-refractivity contribution in [1.82, 2.24) is 0 Å². The molecule has 0 spiro atoms. The van der Waals surface area contributed by atoms with E-state index in [0.29, 0.717) is 0 Å². The molecule has 0 bridgehead atoms. The van der Waals surface area contributed by atoms with Crippen LogP contribution in [0, 0.1) is 16.3 Å². The molecule has 18 heavy (non-hydrogen) atoms. The van der Waals surface area contributed by atoms with Gasteiger partial charge in [-0.3, -0.25) is 0 Å². The van der Waals surface area contributed by atoms with Gasteiger partial charge >= 0.3 is 0 Å². The SMILES string of the molecule is Cc1cc(F)ccc1C(N)c1cc(Br)ccc1I. The third-order valence-electron chi connectivity index (χ3n) is 2.86. The van der Waals surface area contributed by atoms with Crippen LogP contribution in [-0.2, 0) is 0 Å². The quantitative estimate of drug-likeness (QED) is 0.710. The molecule has 0 aliphatic rings. The summed E-state index contributed by atoms with van der Waals surface area (Å²) in [6.45, 7) is 1.88. The van der Waals surface area contributed by atoms with Crippen LogP contribution < -0.4 is 5.73 Å². The van der Waals surface area contributed by atoms with Gasteiger partial charge < -0.3 is 5.73 Å². The molecule has 0 aliphatic carbocycles. The second kappa shape index (κ2) is 5.67. The Morgan fingerprint density at radius 1 is 1.17 bits per heavy atom. The Balaban J connectivity index is 2.47. The van der Waals surface area contributed by atoms with E-state index in [9.17, 15) is 4.39 Å². The van der Waals surface area contributed by atoms with Gasteiger partial charge in [-0.25, -0.2) is 4.39 Å². The summed E-state index contributed by atoms with van der Waals surface area (Å²) in [4.78, 5) is 0. The van der Waals surface area contributed by atoms with E-state index >= 15 is 0 Å². The van der Waals surface area contributed by atoms with Gasteiger partial charge in [0, 0.05) is 8.04 Å². The van der Waals surface area contributed by atoms with Crippen LogP contribution in [0.15, 0.2) is 40.9 Å². The first kappa shape index (κ1) is 14.0. The van der Waals surface area contributed by atoms with E-state index in [1.54, 1.807) is 6.07 Å². The number of rotatable bonds is 2. The van der Waals surface area contributed by atoms with Gasteiger partial charge in [-0.05, 0) is 76.5 Å². The summed E-state index contributed by atoms with van der Waals surface area (Å²) in [5.41, 5.74) is 9.15. The molecule has 0 aliphatic heterocycles. The molecule has 1 unspecified atom stereocenters. The van der Waals surface area contributed by atoms with E-state index in [2.05, 4.69) is 38.5 Å². The first-order chi connectivity index (χ1) is 8.49. The number of halogens is 3. The molecule has 0 radical (unpaired) electrons. The summed E-state index contributed by atoms with van der Waals surface area (Å²) in [5.74, 6) is -0.229. The number of benzene rings is 2. The molecule has 0 fully saturated rings. The lowest BCUT2D eigenvalue weighted by molar-refractivity contribution is 0.624. The van der Waals surface area contributed by atoms with Crippen molar-refractivity contribution < 1.29 is 4.39 Å². The molecule has 0 amide bonds. The molecular formula is C14H12BrFIN. The summed E-state index contributed by atoms with van der Waals surface area (Å²) in [6, 6.07) is 10.5. The van der Waals surface area contributed by atoms with Gasteiger partial charge in [-0.2, -0.15) is 0 Å². The van der Waals surface area contributed by atoms with Crippen LogP contribution in [0.5, 0.6) is 0 Å². The molecule has 0 saturated carbocycles. The average Bonchev–Trinajstić information content (AvgIpc) is 2.31. The van der Waals surface area contributed by atoms with E-state index in [1.165, 1.54) is 12.1 Å². The second-order valence-corrected chi connectivity index (χ2v) is 6.22. The van der Waals surface area contributed by atoms with Crippen LogP contribution in [0.3, 0.4) is 0 Å². The molecular weight excluding hydrogens is 408 g/mol. The predicted molar refractivity (Wildman–Crippen MR) is 84.0 cm³/mol. The Morgan fingerprint density at radius 3 is 2.56 bits per heavy atom. The number of hydrogen-bond donors (Lipinski definition) is 1. The lowest BCUT2D eigenvalue weighted by Gasteiger charge is -2.17. The summed E-state index contributed by atoms with van der Waals surface area (Å²) in [6.07, 6.45) is 0. The monoisotopic (exact) mass is 419 g/mol. The zero-order chi connectivity index (χ0) is 13.3. The molecule has 0 aromatic heterocycles. The third kappa shape index (κ3) is 2.92. The molecule has 2 aromatic carbocycles. The van der Waals surface area contributed by atoms with Crippen molar-refractivity contribution in [3.63, 3.8) is 0 Å². The van der Waals surface area contributed by atoms with Gasteiger partial charge in [0.15, 0.2) is 0 Å². The Morgan fingerprint density at radius 2 is 1.89 bits per heavy atom. The van der Waals surface area contributed by atoms with Crippen LogP contribution in [0.4, 0.5) is 4.39 Å². The molecule has 2 N–H and O–H groups in total. The number of aryl methyl sites for hydroxylation is 1. The van der Waals surface area contributed by atoms with Crippen LogP contribution in [0.25, 0.3) is 0 Å². The maximum atomic E-state index is 13.1. The standard InChI is InChI=1S/C14H12BrFIN/c1-8-6-10(16)3-4-11(8)14(18)12-7-9(15)2-5-13(12)17/h2-7,14H,18H2,1H3. The van der Waals surface area contributed by atoms with E-state index in [0.717, 1.165) is 24.7 Å². The lowest BCUT2D eigenvalue weighted by Crippen LogP contribution is -2.14. The molecule has 0 saturated heterocycles. The molecule has 1 atom stereocenters. The van der Waals surface area contributed by atoms with Gasteiger partial charge in [0.25, 0.3) is 0 Å². The van der Waals surface area contributed by atoms with E-state index in [1.807, 2.05) is 25.1 Å². The first-order valence-electron chi connectivity index (χ1n) is 5.45. The van der Waals surface area contributed by atoms with Gasteiger partial charge in [0.1, 0.15) is 5.82 Å². The fourth-order valence-electron chi connectivity index (χ4n) is 1.91. The predicted octanol–water partition coefficient (Wildman–Crippen LogP) is 4.55. The molecule has 2 aromatic rings. The van der Waals surface area contributed by atoms with Crippen LogP contribution >= 0.6 is 38.5 Å². The molecule has 1 nitrogen and oxygen atoms in total. The zero-order valence-electron chi connectivity index (χ0n) is 9.75. The van der Waals surface area contributed by atoms with Gasteiger partial charge in [0.05, 0.1) is 6.04 Å². The van der Waals surface area contributed by atoms with Gasteiger partial charge in [-0.1, -0.05) is 22.0 Å². The zero-order valence-corrected chi connectivity index (χ0v) is 13.5. The minimum absolute atomic E-state index is 0.229. The van der Waals surface area contributed by atoms with Crippen molar-refractivity contribution in [1.29, 1.82) is 0 Å². The van der Waals surface area contributed by atoms with E-state index in [-0.39, 0.29) is 11.9 Å². The molecule has 4 heteroatoms. The highest BCUT2D eigenvalue weighted by molar-refractivity contribution is 14.1. The van der Waals surface area contributed by atoms with Crippen LogP contribution in [-0.4, -0.2) is 0 Å². The van der Waals surface area contributed by atoms with Crippen molar-refractivity contribution in [2.75, 3.05) is 0 Å². The van der Waals surface area contributed by atoms with Gasteiger partial charge in [0.2, 0.25) is 0 Å². The average molecular weight is 420 g/mol. The Bertz CT molecular complexity index is 586. The van der Waals surface area contributed by atoms with Crippen molar-refractivity contribution in [3.05, 3.63) is 66.9 Å². The Labute approximate surface area is 128 Å². The van der Waals surface area contributed by atoms with Crippen LogP contribution in [0.1, 0.15) is 22.7 Å². The minimum atomic E-state index is -0.241. The second-order valence-electron chi connectivity index (χ2n) is 4.14. The molecule has 94 valence electrons. The smallest absolute Gasteiger partial charge is 0.123 e. The van der Waals surface area contributed by atoms with E-state index in [4.69, 9.17) is 5.73 Å². The van der Waals surface area contributed by atoms with Crippen molar-refractivity contribution in [3.8, 4) is 0 Å². The fourth-order valence-corrected chi connectivity index (χ4v) is 2.96. The van der Waals surface area contributed by atoms with E-state index < -0.39 is 0 Å². The topological polar surface area (TPSA) is 26.0 Å². The Hall–Kier alpha value is -0.460. The first-order valence-corrected chi connectivity index (χ1v) is 7.33. The normalized spacial score (nSPS) is 12.5. The van der Waals surface area contributed by atoms with Crippen molar-refractivity contribution >= 4 is 38.5 Å². The summed E-state index contributed by atoms with van der Waals surface area (Å²) < 4.78 is 15.2. The maximum Gasteiger partial charge on any atom is 0.123 e. The largest absolute Gasteiger partial charge is 0.320 e. The molecule has 0 heterocycles. The molecule has 2 rings (SSSR count). The highest BCUT2D eigenvalue weighted by Crippen LogP contribution is 2.29. The number of nitrogens with two attached hydrogens (primary N) is 1. The number of hydrogen-bond acceptors (Lipinski definition) is 1. The van der Waals surface area contributed by atoms with Crippen molar-refractivity contribution in [2.24, 2.45) is 5.73 Å². The summed E-state index contributed by atoms with van der Waals surface area (Å²) >= 11 is 5.71. The Kier molecular flexibility index (Phi) is 4.40. The fraction of sp³-hybridized carbons (Fsp3) is 0.143. The maximum absolute atomic E-state index is 13.1. The minimum Gasteiger partial charge on any atom is -0.320 e. The highest BCUT2D eigenvalue weighted by Gasteiger charge is 2.15. The highest BCUT2D eigenvalue weighted by atomic mass is 127. The van der Waals surface area contributed by atoms with Gasteiger partial charge in [-0.15, -0.1) is 0 Å². The van der Waals surface area contributed by atoms with Crippen molar-refractivity contribution in [2.45, 2.75) is 13.0 Å². The lowest BCUT2D eigenvalue weighted by atomic mass is 9.96. The van der Waals surface area contributed by atoms with Crippen LogP contribution in [0.2, 0.25) is 0 Å². The summed E-state index contributed by atoms with van der Waals surface area (Å²) in [7, 11) is 0. The third-order valence-corrected chi connectivity index (χ3v) is 4.34.